The van der Waals surface area contributed by atoms with Gasteiger partial charge in [0.2, 0.25) is 0 Å². The average Bonchev–Trinajstić information content (AvgIpc) is 3.18. The Balaban J connectivity index is 1.70. The number of unbranched alkanes of at least 4 members (excludes halogenated alkanes) is 2. The molecular weight excluding hydrogens is 661 g/mol. The van der Waals surface area contributed by atoms with E-state index in [0.29, 0.717) is 13.1 Å². The van der Waals surface area contributed by atoms with Gasteiger partial charge in [0.05, 0.1) is 24.0 Å². The zero-order valence-electron chi connectivity index (χ0n) is 33.4. The Morgan fingerprint density at radius 1 is 0.717 bits per heavy atom. The molecule has 3 aromatic rings. The van der Waals surface area contributed by atoms with Gasteiger partial charge >= 0.3 is 0 Å². The van der Waals surface area contributed by atoms with E-state index in [2.05, 4.69) is 58.1 Å². The third kappa shape index (κ3) is 15.9. The molecule has 3 rings (SSSR count). The Labute approximate surface area is 320 Å². The number of hydrogen-bond acceptors (Lipinski definition) is 10. The molecule has 0 spiro atoms. The van der Waals surface area contributed by atoms with Crippen molar-refractivity contribution in [3.63, 3.8) is 0 Å². The molecule has 0 radical (unpaired) electrons. The van der Waals surface area contributed by atoms with Crippen LogP contribution in [0, 0.1) is 5.41 Å². The van der Waals surface area contributed by atoms with Crippen molar-refractivity contribution in [2.75, 3.05) is 59.0 Å². The van der Waals surface area contributed by atoms with Gasteiger partial charge in [-0.1, -0.05) is 71.9 Å². The number of benzene rings is 1. The van der Waals surface area contributed by atoms with E-state index in [1.165, 1.54) is 12.8 Å². The Kier molecular flexibility index (Phi) is 20.6. The number of aliphatic hydroxyl groups excluding tert-OH is 2. The van der Waals surface area contributed by atoms with Gasteiger partial charge in [0.25, 0.3) is 0 Å². The van der Waals surface area contributed by atoms with Crippen LogP contribution >= 0.6 is 0 Å². The molecule has 10 nitrogen and oxygen atoms in total. The smallest absolute Gasteiger partial charge is 0.103 e. The molecule has 10 heteroatoms. The van der Waals surface area contributed by atoms with Gasteiger partial charge in [0, 0.05) is 43.3 Å². The topological polar surface area (TPSA) is 122 Å². The molecule has 4 N–H and O–H groups in total. The summed E-state index contributed by atoms with van der Waals surface area (Å²) in [7, 11) is 0. The van der Waals surface area contributed by atoms with Crippen molar-refractivity contribution in [2.45, 2.75) is 98.5 Å². The lowest BCUT2D eigenvalue weighted by molar-refractivity contribution is 0.0349. The number of aliphatic imine (C=N–C) groups is 2. The van der Waals surface area contributed by atoms with Gasteiger partial charge in [-0.15, -0.1) is 0 Å². The van der Waals surface area contributed by atoms with Crippen LogP contribution in [0.1, 0.15) is 101 Å². The molecular formula is C43H68N8O2. The van der Waals surface area contributed by atoms with Crippen LogP contribution in [-0.4, -0.2) is 114 Å². The van der Waals surface area contributed by atoms with E-state index in [9.17, 15) is 10.2 Å². The average molecular weight is 729 g/mol. The fourth-order valence-electron chi connectivity index (χ4n) is 6.40. The summed E-state index contributed by atoms with van der Waals surface area (Å²) in [4.78, 5) is 23.9. The minimum atomic E-state index is -1.01. The summed E-state index contributed by atoms with van der Waals surface area (Å²) < 4.78 is 0. The highest BCUT2D eigenvalue weighted by Crippen LogP contribution is 2.33. The fraction of sp³-hybridized carbons (Fsp3) is 0.581. The second-order valence-electron chi connectivity index (χ2n) is 14.5. The highest BCUT2D eigenvalue weighted by molar-refractivity contribution is 5.80. The van der Waals surface area contributed by atoms with Gasteiger partial charge in [0.15, 0.2) is 0 Å². The summed E-state index contributed by atoms with van der Waals surface area (Å²) in [5.74, 6) is 0. The van der Waals surface area contributed by atoms with Crippen LogP contribution in [0.5, 0.6) is 0 Å². The molecule has 0 amide bonds. The third-order valence-electron chi connectivity index (χ3n) is 10.0. The van der Waals surface area contributed by atoms with Crippen LogP contribution in [-0.2, 0) is 13.1 Å². The zero-order valence-corrected chi connectivity index (χ0v) is 33.4. The Morgan fingerprint density at radius 3 is 1.68 bits per heavy atom. The summed E-state index contributed by atoms with van der Waals surface area (Å²) in [5.41, 5.74) is 3.84. The van der Waals surface area contributed by atoms with Crippen LogP contribution in [0.25, 0.3) is 0 Å². The van der Waals surface area contributed by atoms with E-state index in [-0.39, 0.29) is 6.61 Å². The van der Waals surface area contributed by atoms with E-state index in [1.54, 1.807) is 18.6 Å². The quantitative estimate of drug-likeness (QED) is 0.0564. The van der Waals surface area contributed by atoms with Gasteiger partial charge in [-0.3, -0.25) is 20.0 Å². The molecule has 2 heterocycles. The van der Waals surface area contributed by atoms with E-state index < -0.39 is 23.6 Å². The lowest BCUT2D eigenvalue weighted by Crippen LogP contribution is -2.43. The van der Waals surface area contributed by atoms with Crippen LogP contribution in [0.4, 0.5) is 0 Å². The maximum Gasteiger partial charge on any atom is 0.103 e. The molecule has 0 fully saturated rings. The Morgan fingerprint density at radius 2 is 1.21 bits per heavy atom. The molecule has 0 aliphatic heterocycles. The van der Waals surface area contributed by atoms with Crippen LogP contribution in [0.2, 0.25) is 0 Å². The summed E-state index contributed by atoms with van der Waals surface area (Å²) in [5, 5.41) is 29.6. The highest BCUT2D eigenvalue weighted by Gasteiger charge is 2.38. The fourth-order valence-corrected chi connectivity index (χ4v) is 6.40. The van der Waals surface area contributed by atoms with Crippen LogP contribution in [0.3, 0.4) is 0 Å². The van der Waals surface area contributed by atoms with Crippen molar-refractivity contribution >= 4 is 12.4 Å². The number of nitrogens with one attached hydrogen (secondary N) is 2. The van der Waals surface area contributed by atoms with Gasteiger partial charge in [0.1, 0.15) is 12.1 Å². The van der Waals surface area contributed by atoms with Crippen molar-refractivity contribution in [3.8, 4) is 0 Å². The molecule has 0 bridgehead atoms. The highest BCUT2D eigenvalue weighted by atomic mass is 16.3. The number of pyridine rings is 2. The van der Waals surface area contributed by atoms with Crippen molar-refractivity contribution in [3.05, 3.63) is 95.1 Å². The normalized spacial score (nSPS) is 14.2. The molecule has 1 aromatic carbocycles. The predicted molar refractivity (Wildman–Crippen MR) is 221 cm³/mol. The minimum Gasteiger partial charge on any atom is -0.396 e. The lowest BCUT2D eigenvalue weighted by Gasteiger charge is -2.35. The Hall–Kier alpha value is -3.38. The molecule has 3 atom stereocenters. The van der Waals surface area contributed by atoms with Crippen molar-refractivity contribution in [1.29, 1.82) is 0 Å². The molecule has 0 saturated carbocycles. The monoisotopic (exact) mass is 729 g/mol. The molecule has 2 aromatic heterocycles. The minimum absolute atomic E-state index is 0.146. The molecule has 0 aliphatic carbocycles. The number of aromatic nitrogens is 2. The first-order valence-electron chi connectivity index (χ1n) is 19.9. The zero-order chi connectivity index (χ0) is 38.3. The van der Waals surface area contributed by atoms with E-state index >= 15 is 0 Å². The molecule has 292 valence electrons. The molecule has 0 saturated heterocycles. The number of rotatable bonds is 27. The van der Waals surface area contributed by atoms with Gasteiger partial charge in [-0.25, -0.2) is 0 Å². The standard InChI is InChI=1S/C43H68N8O2/c1-7-50(8-2)26-16-14-22-44-32-38-28-35(20-24-46-38)30-48-40(37-18-12-11-13-19-37)41(53)42(43(5,6)34-52)49-31-36-21-25-47-39(29-36)33-45-23-15-17-27-51(9-3)10-4/h11-13,18-21,24-25,28-31,40-42,44-45,52-53H,7-10,14-17,22-23,26-27,32-34H2,1-6H3. The van der Waals surface area contributed by atoms with Gasteiger partial charge in [-0.2, -0.15) is 0 Å². The third-order valence-corrected chi connectivity index (χ3v) is 10.0. The maximum atomic E-state index is 12.1. The molecule has 53 heavy (non-hydrogen) atoms. The maximum absolute atomic E-state index is 12.1. The van der Waals surface area contributed by atoms with Crippen molar-refractivity contribution < 1.29 is 10.2 Å². The van der Waals surface area contributed by atoms with Crippen LogP contribution < -0.4 is 10.6 Å². The van der Waals surface area contributed by atoms with Crippen molar-refractivity contribution in [1.82, 2.24) is 30.4 Å². The Bertz CT molecular complexity index is 1460. The number of nitrogens with zero attached hydrogens (tertiary/aromatic N) is 6. The molecule has 3 unspecified atom stereocenters. The summed E-state index contributed by atoms with van der Waals surface area (Å²) in [6, 6.07) is 16.5. The first-order chi connectivity index (χ1) is 25.7. The SMILES string of the molecule is CCN(CC)CCCCNCc1cc(C=NC(c2ccccc2)C(O)C(N=Cc2ccnc(CNCCCCN(CC)CC)c2)C(C)(C)CO)ccn1. The van der Waals surface area contributed by atoms with Gasteiger partial charge < -0.3 is 30.6 Å². The number of hydrogen-bond donors (Lipinski definition) is 4. The first kappa shape index (κ1) is 44.0. The predicted octanol–water partition coefficient (Wildman–Crippen LogP) is 5.93. The molecule has 0 aliphatic rings. The largest absolute Gasteiger partial charge is 0.396 e. The first-order valence-corrected chi connectivity index (χ1v) is 19.9. The second-order valence-corrected chi connectivity index (χ2v) is 14.5. The van der Waals surface area contributed by atoms with E-state index in [1.807, 2.05) is 74.7 Å². The summed E-state index contributed by atoms with van der Waals surface area (Å²) in [6.07, 6.45) is 10.8. The van der Waals surface area contributed by atoms with E-state index in [4.69, 9.17) is 9.98 Å². The lowest BCUT2D eigenvalue weighted by atomic mass is 9.79. The van der Waals surface area contributed by atoms with E-state index in [0.717, 1.165) is 93.3 Å². The van der Waals surface area contributed by atoms with Crippen molar-refractivity contribution in [2.24, 2.45) is 15.4 Å². The summed E-state index contributed by atoms with van der Waals surface area (Å²) in [6.45, 7) is 22.5. The summed E-state index contributed by atoms with van der Waals surface area (Å²) >= 11 is 0. The van der Waals surface area contributed by atoms with Crippen LogP contribution in [0.15, 0.2) is 77.0 Å². The second kappa shape index (κ2) is 24.8. The van der Waals surface area contributed by atoms with Gasteiger partial charge in [-0.05, 0) is 119 Å². The number of aliphatic hydroxyl groups is 2.